The van der Waals surface area contributed by atoms with Gasteiger partial charge in [0.05, 0.1) is 0 Å². The summed E-state index contributed by atoms with van der Waals surface area (Å²) < 4.78 is 0. The van der Waals surface area contributed by atoms with E-state index in [0.29, 0.717) is 17.7 Å². The lowest BCUT2D eigenvalue weighted by molar-refractivity contribution is -0.134. The first kappa shape index (κ1) is 16.5. The third-order valence-corrected chi connectivity index (χ3v) is 4.37. The normalized spacial score (nSPS) is 21.4. The first-order chi connectivity index (χ1) is 9.21. The molecule has 1 saturated heterocycles. The molecule has 1 aliphatic rings. The van der Waals surface area contributed by atoms with Gasteiger partial charge in [-0.15, -0.1) is 0 Å². The molecule has 3 heteroatoms. The van der Waals surface area contributed by atoms with Crippen molar-refractivity contribution in [3.8, 4) is 0 Å². The Balaban J connectivity index is 2.38. The molecule has 0 aliphatic carbocycles. The molecule has 0 aromatic carbocycles. The minimum Gasteiger partial charge on any atom is -0.342 e. The lowest BCUT2D eigenvalue weighted by atomic mass is 9.93. The fourth-order valence-electron chi connectivity index (χ4n) is 3.07. The zero-order valence-corrected chi connectivity index (χ0v) is 13.1. The van der Waals surface area contributed by atoms with E-state index in [1.54, 1.807) is 0 Å². The highest BCUT2D eigenvalue weighted by Crippen LogP contribution is 2.21. The number of nitrogens with zero attached hydrogens (tertiary/aromatic N) is 1. The van der Waals surface area contributed by atoms with Gasteiger partial charge in [0, 0.05) is 19.5 Å². The van der Waals surface area contributed by atoms with Crippen molar-refractivity contribution in [2.45, 2.75) is 58.8 Å². The molecular weight excluding hydrogens is 236 g/mol. The second-order valence-corrected chi connectivity index (χ2v) is 6.03. The van der Waals surface area contributed by atoms with E-state index in [1.165, 1.54) is 32.1 Å². The van der Waals surface area contributed by atoms with Gasteiger partial charge in [-0.05, 0) is 44.7 Å². The van der Waals surface area contributed by atoms with Gasteiger partial charge in [0.25, 0.3) is 0 Å². The molecule has 112 valence electrons. The van der Waals surface area contributed by atoms with E-state index in [-0.39, 0.29) is 0 Å². The summed E-state index contributed by atoms with van der Waals surface area (Å²) in [5, 5.41) is 3.24. The maximum atomic E-state index is 12.4. The van der Waals surface area contributed by atoms with Gasteiger partial charge in [0.1, 0.15) is 0 Å². The topological polar surface area (TPSA) is 32.3 Å². The first-order valence-corrected chi connectivity index (χ1v) is 8.13. The molecule has 0 aromatic heterocycles. The molecule has 19 heavy (non-hydrogen) atoms. The van der Waals surface area contributed by atoms with E-state index < -0.39 is 0 Å². The van der Waals surface area contributed by atoms with Crippen LogP contribution in [-0.4, -0.2) is 37.5 Å². The number of rotatable bonds is 8. The van der Waals surface area contributed by atoms with E-state index in [0.717, 1.165) is 32.5 Å². The Kier molecular flexibility index (Phi) is 8.11. The second kappa shape index (κ2) is 9.35. The van der Waals surface area contributed by atoms with Crippen LogP contribution in [0.4, 0.5) is 0 Å². The summed E-state index contributed by atoms with van der Waals surface area (Å²) in [6, 6.07) is 0. The Morgan fingerprint density at radius 2 is 2.21 bits per heavy atom. The largest absolute Gasteiger partial charge is 0.342 e. The number of carbonyl (C=O) groups excluding carboxylic acids is 1. The molecule has 1 aliphatic heterocycles. The van der Waals surface area contributed by atoms with Crippen molar-refractivity contribution >= 4 is 5.91 Å². The Morgan fingerprint density at radius 1 is 1.42 bits per heavy atom. The predicted molar refractivity (Wildman–Crippen MR) is 81.2 cm³/mol. The third kappa shape index (κ3) is 5.94. The number of carbonyl (C=O) groups is 1. The number of hydrogen-bond acceptors (Lipinski definition) is 2. The van der Waals surface area contributed by atoms with Crippen LogP contribution in [0.15, 0.2) is 0 Å². The van der Waals surface area contributed by atoms with Gasteiger partial charge in [0.2, 0.25) is 5.91 Å². The van der Waals surface area contributed by atoms with E-state index in [4.69, 9.17) is 0 Å². The minimum atomic E-state index is 0.392. The zero-order chi connectivity index (χ0) is 14.1. The molecule has 0 spiro atoms. The summed E-state index contributed by atoms with van der Waals surface area (Å²) in [5.41, 5.74) is 0. The van der Waals surface area contributed by atoms with Crippen molar-refractivity contribution in [2.24, 2.45) is 11.8 Å². The monoisotopic (exact) mass is 268 g/mol. The Labute approximate surface area is 119 Å². The molecule has 0 radical (unpaired) electrons. The van der Waals surface area contributed by atoms with Crippen LogP contribution >= 0.6 is 0 Å². The smallest absolute Gasteiger partial charge is 0.222 e. The van der Waals surface area contributed by atoms with Gasteiger partial charge >= 0.3 is 0 Å². The van der Waals surface area contributed by atoms with Gasteiger partial charge in [-0.1, -0.05) is 33.1 Å². The second-order valence-electron chi connectivity index (χ2n) is 6.03. The first-order valence-electron chi connectivity index (χ1n) is 8.13. The molecule has 2 unspecified atom stereocenters. The highest BCUT2D eigenvalue weighted by molar-refractivity contribution is 5.76. The highest BCUT2D eigenvalue weighted by Gasteiger charge is 2.24. The van der Waals surface area contributed by atoms with Gasteiger partial charge in [-0.25, -0.2) is 0 Å². The van der Waals surface area contributed by atoms with E-state index >= 15 is 0 Å². The molecular formula is C16H32N2O. The summed E-state index contributed by atoms with van der Waals surface area (Å²) in [4.78, 5) is 14.5. The molecule has 0 bridgehead atoms. The summed E-state index contributed by atoms with van der Waals surface area (Å²) in [6.07, 6.45) is 8.04. The van der Waals surface area contributed by atoms with Crippen molar-refractivity contribution in [3.63, 3.8) is 0 Å². The third-order valence-electron chi connectivity index (χ3n) is 4.37. The number of nitrogens with one attached hydrogen (secondary N) is 1. The predicted octanol–water partition coefficient (Wildman–Crippen LogP) is 3.05. The Hall–Kier alpha value is -0.570. The van der Waals surface area contributed by atoms with E-state index in [9.17, 15) is 4.79 Å². The molecule has 2 atom stereocenters. The molecule has 1 N–H and O–H groups in total. The molecule has 1 heterocycles. The van der Waals surface area contributed by atoms with Gasteiger partial charge in [0.15, 0.2) is 0 Å². The van der Waals surface area contributed by atoms with Gasteiger partial charge < -0.3 is 10.2 Å². The number of likely N-dealkylation sites (tertiary alicyclic amines) is 1. The molecule has 3 nitrogen and oxygen atoms in total. The van der Waals surface area contributed by atoms with Crippen molar-refractivity contribution < 1.29 is 4.79 Å². The molecule has 1 amide bonds. The Morgan fingerprint density at radius 3 is 2.84 bits per heavy atom. The SMILES string of the molecule is CCCCC(CC)CC(=O)N1CCCC(CNC)C1. The van der Waals surface area contributed by atoms with E-state index in [2.05, 4.69) is 24.1 Å². The van der Waals surface area contributed by atoms with Crippen molar-refractivity contribution in [1.29, 1.82) is 0 Å². The lowest BCUT2D eigenvalue weighted by Crippen LogP contribution is -2.43. The van der Waals surface area contributed by atoms with Crippen LogP contribution in [0.3, 0.4) is 0 Å². The molecule has 1 rings (SSSR count). The maximum absolute atomic E-state index is 12.4. The summed E-state index contributed by atoms with van der Waals surface area (Å²) in [5.74, 6) is 1.64. The Bertz CT molecular complexity index is 253. The van der Waals surface area contributed by atoms with Crippen LogP contribution in [0, 0.1) is 11.8 Å². The average molecular weight is 268 g/mol. The zero-order valence-electron chi connectivity index (χ0n) is 13.1. The molecule has 0 saturated carbocycles. The summed E-state index contributed by atoms with van der Waals surface area (Å²) >= 11 is 0. The molecule has 0 aromatic rings. The van der Waals surface area contributed by atoms with Gasteiger partial charge in [-0.2, -0.15) is 0 Å². The van der Waals surface area contributed by atoms with Gasteiger partial charge in [-0.3, -0.25) is 4.79 Å². The summed E-state index contributed by atoms with van der Waals surface area (Å²) in [7, 11) is 2.00. The van der Waals surface area contributed by atoms with Crippen LogP contribution in [0.25, 0.3) is 0 Å². The lowest BCUT2D eigenvalue weighted by Gasteiger charge is -2.33. The maximum Gasteiger partial charge on any atom is 0.222 e. The number of unbranched alkanes of at least 4 members (excludes halogenated alkanes) is 1. The quantitative estimate of drug-likeness (QED) is 0.734. The highest BCUT2D eigenvalue weighted by atomic mass is 16.2. The average Bonchev–Trinajstić information content (AvgIpc) is 2.44. The van der Waals surface area contributed by atoms with Crippen molar-refractivity contribution in [3.05, 3.63) is 0 Å². The van der Waals surface area contributed by atoms with Crippen LogP contribution in [0.2, 0.25) is 0 Å². The standard InChI is InChI=1S/C16H32N2O/c1-4-6-8-14(5-2)11-16(19)18-10-7-9-15(13-18)12-17-3/h14-15,17H,4-13H2,1-3H3. The van der Waals surface area contributed by atoms with Crippen LogP contribution in [0.5, 0.6) is 0 Å². The van der Waals surface area contributed by atoms with Crippen molar-refractivity contribution in [1.82, 2.24) is 10.2 Å². The summed E-state index contributed by atoms with van der Waals surface area (Å²) in [6.45, 7) is 7.42. The van der Waals surface area contributed by atoms with Crippen molar-refractivity contribution in [2.75, 3.05) is 26.7 Å². The van der Waals surface area contributed by atoms with Crippen LogP contribution in [-0.2, 0) is 4.79 Å². The van der Waals surface area contributed by atoms with Crippen LogP contribution < -0.4 is 5.32 Å². The number of hydrogen-bond donors (Lipinski definition) is 1. The van der Waals surface area contributed by atoms with Crippen LogP contribution in [0.1, 0.15) is 58.8 Å². The minimum absolute atomic E-state index is 0.392. The van der Waals surface area contributed by atoms with E-state index in [1.807, 2.05) is 7.05 Å². The fraction of sp³-hybridized carbons (Fsp3) is 0.938. The number of amides is 1. The number of piperidine rings is 1. The molecule has 1 fully saturated rings. The fourth-order valence-corrected chi connectivity index (χ4v) is 3.07.